The summed E-state index contributed by atoms with van der Waals surface area (Å²) in [4.78, 5) is 14.1. The Kier molecular flexibility index (Phi) is 5.87. The molecule has 6 heteroatoms. The predicted molar refractivity (Wildman–Crippen MR) is 88.6 cm³/mol. The molecule has 0 aliphatic carbocycles. The van der Waals surface area contributed by atoms with E-state index in [0.717, 1.165) is 25.7 Å². The summed E-state index contributed by atoms with van der Waals surface area (Å²) < 4.78 is 24.5. The van der Waals surface area contributed by atoms with Crippen molar-refractivity contribution < 1.29 is 13.2 Å². The summed E-state index contributed by atoms with van der Waals surface area (Å²) in [5, 5.41) is 0.566. The molecule has 1 amide bonds. The maximum absolute atomic E-state index is 12.4. The lowest BCUT2D eigenvalue weighted by Gasteiger charge is -2.35. The Balaban J connectivity index is 2.01. The van der Waals surface area contributed by atoms with E-state index in [9.17, 15) is 13.2 Å². The molecule has 1 saturated heterocycles. The van der Waals surface area contributed by atoms with Crippen molar-refractivity contribution in [3.63, 3.8) is 0 Å². The third kappa shape index (κ3) is 4.71. The van der Waals surface area contributed by atoms with Crippen molar-refractivity contribution in [3.05, 3.63) is 34.9 Å². The van der Waals surface area contributed by atoms with Gasteiger partial charge in [0.15, 0.2) is 9.84 Å². The SMILES string of the molecule is CCC1CCCCN1C(=O)CS(=O)(=O)Cc1ccc(Cl)cc1. The Labute approximate surface area is 137 Å². The van der Waals surface area contributed by atoms with Crippen molar-refractivity contribution in [2.45, 2.75) is 44.4 Å². The standard InChI is InChI=1S/C16H22ClNO3S/c1-2-15-5-3-4-10-18(15)16(19)12-22(20,21)11-13-6-8-14(17)9-7-13/h6-9,15H,2-5,10-12H2,1H3. The summed E-state index contributed by atoms with van der Waals surface area (Å²) in [5.74, 6) is -0.798. The Morgan fingerprint density at radius 2 is 1.95 bits per heavy atom. The van der Waals surface area contributed by atoms with Crippen LogP contribution in [0.2, 0.25) is 5.02 Å². The molecule has 1 aromatic rings. The summed E-state index contributed by atoms with van der Waals surface area (Å²) >= 11 is 5.79. The number of halogens is 1. The molecule has 0 aromatic heterocycles. The van der Waals surface area contributed by atoms with Gasteiger partial charge in [0.05, 0.1) is 5.75 Å². The predicted octanol–water partition coefficient (Wildman–Crippen LogP) is 3.05. The second-order valence-corrected chi connectivity index (χ2v) is 8.30. The van der Waals surface area contributed by atoms with E-state index in [-0.39, 0.29) is 17.7 Å². The van der Waals surface area contributed by atoms with Crippen molar-refractivity contribution in [1.82, 2.24) is 4.90 Å². The Hall–Kier alpha value is -1.07. The van der Waals surface area contributed by atoms with E-state index in [4.69, 9.17) is 11.6 Å². The van der Waals surface area contributed by atoms with E-state index >= 15 is 0 Å². The molecule has 0 N–H and O–H groups in total. The molecule has 0 saturated carbocycles. The number of amides is 1. The minimum atomic E-state index is -3.46. The monoisotopic (exact) mass is 343 g/mol. The number of nitrogens with zero attached hydrogens (tertiary/aromatic N) is 1. The number of carbonyl (C=O) groups excluding carboxylic acids is 1. The molecule has 1 unspecified atom stereocenters. The highest BCUT2D eigenvalue weighted by Gasteiger charge is 2.28. The van der Waals surface area contributed by atoms with Gasteiger partial charge >= 0.3 is 0 Å². The molecule has 2 rings (SSSR count). The lowest BCUT2D eigenvalue weighted by atomic mass is 10.0. The average molecular weight is 344 g/mol. The van der Waals surface area contributed by atoms with Crippen LogP contribution in [0.25, 0.3) is 0 Å². The minimum absolute atomic E-state index is 0.124. The zero-order valence-corrected chi connectivity index (χ0v) is 14.4. The highest BCUT2D eigenvalue weighted by molar-refractivity contribution is 7.91. The van der Waals surface area contributed by atoms with Crippen molar-refractivity contribution >= 4 is 27.3 Å². The summed E-state index contributed by atoms with van der Waals surface area (Å²) in [6, 6.07) is 6.87. The number of benzene rings is 1. The molecule has 0 spiro atoms. The van der Waals surface area contributed by atoms with Crippen LogP contribution in [0.5, 0.6) is 0 Å². The number of carbonyl (C=O) groups is 1. The van der Waals surface area contributed by atoms with Crippen LogP contribution in [0, 0.1) is 0 Å². The molecule has 122 valence electrons. The maximum Gasteiger partial charge on any atom is 0.238 e. The largest absolute Gasteiger partial charge is 0.339 e. The molecule has 1 fully saturated rings. The molecule has 1 aliphatic heterocycles. The number of hydrogen-bond donors (Lipinski definition) is 0. The van der Waals surface area contributed by atoms with Crippen molar-refractivity contribution in [3.8, 4) is 0 Å². The van der Waals surface area contributed by atoms with Gasteiger partial charge in [-0.2, -0.15) is 0 Å². The molecule has 1 atom stereocenters. The smallest absolute Gasteiger partial charge is 0.238 e. The second-order valence-electron chi connectivity index (χ2n) is 5.80. The van der Waals surface area contributed by atoms with Gasteiger partial charge in [-0.3, -0.25) is 4.79 Å². The van der Waals surface area contributed by atoms with E-state index < -0.39 is 15.6 Å². The van der Waals surface area contributed by atoms with Crippen LogP contribution >= 0.6 is 11.6 Å². The van der Waals surface area contributed by atoms with Gasteiger partial charge in [-0.1, -0.05) is 30.7 Å². The van der Waals surface area contributed by atoms with E-state index in [1.54, 1.807) is 29.2 Å². The van der Waals surface area contributed by atoms with Gasteiger partial charge < -0.3 is 4.90 Å². The zero-order valence-electron chi connectivity index (χ0n) is 12.8. The van der Waals surface area contributed by atoms with Crippen molar-refractivity contribution in [2.75, 3.05) is 12.3 Å². The summed E-state index contributed by atoms with van der Waals surface area (Å²) in [5.41, 5.74) is 0.655. The van der Waals surface area contributed by atoms with Crippen LogP contribution in [0.15, 0.2) is 24.3 Å². The molecule has 1 aliphatic rings. The fraction of sp³-hybridized carbons (Fsp3) is 0.562. The van der Waals surface area contributed by atoms with Gasteiger partial charge in [0.25, 0.3) is 0 Å². The Morgan fingerprint density at radius 3 is 2.59 bits per heavy atom. The molecule has 1 aromatic carbocycles. The number of sulfone groups is 1. The van der Waals surface area contributed by atoms with E-state index in [2.05, 4.69) is 0 Å². The van der Waals surface area contributed by atoms with Crippen LogP contribution in [-0.4, -0.2) is 37.6 Å². The third-order valence-electron chi connectivity index (χ3n) is 4.06. The van der Waals surface area contributed by atoms with Gasteiger partial charge in [0.1, 0.15) is 5.75 Å². The quantitative estimate of drug-likeness (QED) is 0.825. The zero-order chi connectivity index (χ0) is 16.2. The fourth-order valence-electron chi connectivity index (χ4n) is 2.91. The normalized spacial score (nSPS) is 19.2. The van der Waals surface area contributed by atoms with Gasteiger partial charge in [-0.05, 0) is 43.4 Å². The summed E-state index contributed by atoms with van der Waals surface area (Å²) in [6.07, 6.45) is 3.92. The van der Waals surface area contributed by atoms with E-state index in [1.165, 1.54) is 0 Å². The summed E-state index contributed by atoms with van der Waals surface area (Å²) in [7, 11) is -3.46. The van der Waals surface area contributed by atoms with Crippen LogP contribution in [0.3, 0.4) is 0 Å². The molecule has 0 radical (unpaired) electrons. The number of piperidine rings is 1. The number of rotatable bonds is 5. The minimum Gasteiger partial charge on any atom is -0.339 e. The lowest BCUT2D eigenvalue weighted by Crippen LogP contribution is -2.45. The van der Waals surface area contributed by atoms with E-state index in [0.29, 0.717) is 17.1 Å². The molecular weight excluding hydrogens is 322 g/mol. The van der Waals surface area contributed by atoms with Gasteiger partial charge in [0.2, 0.25) is 5.91 Å². The first-order valence-electron chi connectivity index (χ1n) is 7.65. The van der Waals surface area contributed by atoms with Gasteiger partial charge in [0, 0.05) is 17.6 Å². The Bertz CT molecular complexity index is 613. The summed E-state index contributed by atoms with van der Waals surface area (Å²) in [6.45, 7) is 2.71. The number of hydrogen-bond acceptors (Lipinski definition) is 3. The van der Waals surface area contributed by atoms with Crippen LogP contribution < -0.4 is 0 Å². The van der Waals surface area contributed by atoms with E-state index in [1.807, 2.05) is 6.92 Å². The fourth-order valence-corrected chi connectivity index (χ4v) is 4.38. The first-order valence-corrected chi connectivity index (χ1v) is 9.85. The molecule has 4 nitrogen and oxygen atoms in total. The lowest BCUT2D eigenvalue weighted by molar-refractivity contribution is -0.132. The first kappa shape index (κ1) is 17.3. The maximum atomic E-state index is 12.4. The van der Waals surface area contributed by atoms with Gasteiger partial charge in [-0.25, -0.2) is 8.42 Å². The first-order chi connectivity index (χ1) is 10.4. The van der Waals surface area contributed by atoms with Crippen LogP contribution in [0.4, 0.5) is 0 Å². The topological polar surface area (TPSA) is 54.5 Å². The Morgan fingerprint density at radius 1 is 1.27 bits per heavy atom. The van der Waals surface area contributed by atoms with Crippen LogP contribution in [0.1, 0.15) is 38.2 Å². The third-order valence-corrected chi connectivity index (χ3v) is 5.77. The van der Waals surface area contributed by atoms with Crippen molar-refractivity contribution in [1.29, 1.82) is 0 Å². The van der Waals surface area contributed by atoms with Crippen molar-refractivity contribution in [2.24, 2.45) is 0 Å². The average Bonchev–Trinajstić information content (AvgIpc) is 2.48. The highest BCUT2D eigenvalue weighted by Crippen LogP contribution is 2.20. The van der Waals surface area contributed by atoms with Crippen LogP contribution in [-0.2, 0) is 20.4 Å². The molecular formula is C16H22ClNO3S. The second kappa shape index (κ2) is 7.47. The molecule has 1 heterocycles. The molecule has 0 bridgehead atoms. The number of likely N-dealkylation sites (tertiary alicyclic amines) is 1. The highest BCUT2D eigenvalue weighted by atomic mass is 35.5. The molecule has 22 heavy (non-hydrogen) atoms. The van der Waals surface area contributed by atoms with Gasteiger partial charge in [-0.15, -0.1) is 0 Å².